The number of rotatable bonds is 5. The maximum atomic E-state index is 14.4. The van der Waals surface area contributed by atoms with Crippen molar-refractivity contribution in [3.8, 4) is 0 Å². The Kier molecular flexibility index (Phi) is 4.79. The smallest absolute Gasteiger partial charge is 0.128 e. The van der Waals surface area contributed by atoms with Gasteiger partial charge in [0.05, 0.1) is 0 Å². The van der Waals surface area contributed by atoms with Crippen LogP contribution in [0.25, 0.3) is 0 Å². The average molecular weight is 281 g/mol. The molecule has 0 aliphatic heterocycles. The van der Waals surface area contributed by atoms with E-state index in [2.05, 4.69) is 12.2 Å². The fourth-order valence-electron chi connectivity index (χ4n) is 3.67. The maximum Gasteiger partial charge on any atom is 0.128 e. The summed E-state index contributed by atoms with van der Waals surface area (Å²) < 4.78 is 28.2. The first-order valence-electron chi connectivity index (χ1n) is 7.73. The topological polar surface area (TPSA) is 12.0 Å². The van der Waals surface area contributed by atoms with Crippen molar-refractivity contribution < 1.29 is 8.78 Å². The van der Waals surface area contributed by atoms with E-state index in [1.54, 1.807) is 6.92 Å². The van der Waals surface area contributed by atoms with Crippen LogP contribution in [0.1, 0.15) is 63.1 Å². The van der Waals surface area contributed by atoms with E-state index in [0.29, 0.717) is 11.1 Å². The van der Waals surface area contributed by atoms with Crippen LogP contribution in [0.4, 0.5) is 8.78 Å². The second-order valence-electron chi connectivity index (χ2n) is 6.04. The van der Waals surface area contributed by atoms with E-state index in [-0.39, 0.29) is 23.1 Å². The zero-order chi connectivity index (χ0) is 14.8. The van der Waals surface area contributed by atoms with E-state index in [9.17, 15) is 8.78 Å². The van der Waals surface area contributed by atoms with Crippen LogP contribution in [0.15, 0.2) is 12.1 Å². The lowest BCUT2D eigenvalue weighted by atomic mass is 9.73. The normalized spacial score (nSPS) is 19.2. The summed E-state index contributed by atoms with van der Waals surface area (Å²) in [6, 6.07) is 2.64. The van der Waals surface area contributed by atoms with Crippen LogP contribution in [0.5, 0.6) is 0 Å². The van der Waals surface area contributed by atoms with Gasteiger partial charge in [-0.15, -0.1) is 0 Å². The van der Waals surface area contributed by atoms with Crippen LogP contribution in [-0.4, -0.2) is 6.54 Å². The third-order valence-electron chi connectivity index (χ3n) is 4.91. The van der Waals surface area contributed by atoms with Gasteiger partial charge in [-0.25, -0.2) is 8.78 Å². The molecule has 1 aromatic carbocycles. The molecule has 0 heterocycles. The first-order chi connectivity index (χ1) is 9.54. The van der Waals surface area contributed by atoms with Crippen molar-refractivity contribution in [2.75, 3.05) is 6.54 Å². The highest BCUT2D eigenvalue weighted by Gasteiger charge is 2.41. The highest BCUT2D eigenvalue weighted by molar-refractivity contribution is 5.29. The van der Waals surface area contributed by atoms with Crippen LogP contribution in [0, 0.1) is 24.0 Å². The molecule has 3 heteroatoms. The number of benzene rings is 1. The zero-order valence-electron chi connectivity index (χ0n) is 12.7. The minimum absolute atomic E-state index is 0.0680. The van der Waals surface area contributed by atoms with Gasteiger partial charge >= 0.3 is 0 Å². The van der Waals surface area contributed by atoms with Gasteiger partial charge in [-0.1, -0.05) is 26.7 Å². The molecule has 1 aliphatic rings. The highest BCUT2D eigenvalue weighted by Crippen LogP contribution is 2.50. The molecule has 0 saturated heterocycles. The number of hydrogen-bond acceptors (Lipinski definition) is 1. The molecule has 1 aromatic rings. The summed E-state index contributed by atoms with van der Waals surface area (Å²) >= 11 is 0. The van der Waals surface area contributed by atoms with E-state index in [0.717, 1.165) is 25.8 Å². The fraction of sp³-hybridized carbons (Fsp3) is 0.647. The molecule has 20 heavy (non-hydrogen) atoms. The SMILES string of the molecule is CCNC(c1cc(F)c(C)cc1F)C1(CC)CCCC1. The molecule has 112 valence electrons. The van der Waals surface area contributed by atoms with Crippen LogP contribution < -0.4 is 5.32 Å². The Morgan fingerprint density at radius 1 is 1.15 bits per heavy atom. The van der Waals surface area contributed by atoms with Gasteiger partial charge in [-0.2, -0.15) is 0 Å². The number of aryl methyl sites for hydroxylation is 1. The molecule has 1 N–H and O–H groups in total. The summed E-state index contributed by atoms with van der Waals surface area (Å²) in [6.07, 6.45) is 5.56. The molecule has 1 aliphatic carbocycles. The van der Waals surface area contributed by atoms with Crippen LogP contribution in [-0.2, 0) is 0 Å². The predicted octanol–water partition coefficient (Wildman–Crippen LogP) is 4.89. The maximum absolute atomic E-state index is 14.4. The summed E-state index contributed by atoms with van der Waals surface area (Å²) in [5.74, 6) is -0.594. The second kappa shape index (κ2) is 6.21. The molecule has 0 aromatic heterocycles. The molecule has 0 radical (unpaired) electrons. The summed E-state index contributed by atoms with van der Waals surface area (Å²) in [4.78, 5) is 0. The molecule has 1 fully saturated rings. The quantitative estimate of drug-likeness (QED) is 0.810. The van der Waals surface area contributed by atoms with E-state index in [1.165, 1.54) is 25.0 Å². The van der Waals surface area contributed by atoms with Gasteiger partial charge in [0, 0.05) is 11.6 Å². The Morgan fingerprint density at radius 3 is 2.35 bits per heavy atom. The van der Waals surface area contributed by atoms with E-state index in [1.807, 2.05) is 6.92 Å². The molecular formula is C17H25F2N. The molecule has 1 unspecified atom stereocenters. The van der Waals surface area contributed by atoms with Gasteiger partial charge in [-0.05, 0) is 55.8 Å². The molecule has 1 saturated carbocycles. The van der Waals surface area contributed by atoms with Crippen molar-refractivity contribution >= 4 is 0 Å². The largest absolute Gasteiger partial charge is 0.310 e. The minimum Gasteiger partial charge on any atom is -0.310 e. The third-order valence-corrected chi connectivity index (χ3v) is 4.91. The van der Waals surface area contributed by atoms with Crippen molar-refractivity contribution in [2.45, 2.75) is 58.9 Å². The third kappa shape index (κ3) is 2.73. The van der Waals surface area contributed by atoms with E-state index >= 15 is 0 Å². The van der Waals surface area contributed by atoms with Gasteiger partial charge < -0.3 is 5.32 Å². The predicted molar refractivity (Wildman–Crippen MR) is 78.7 cm³/mol. The zero-order valence-corrected chi connectivity index (χ0v) is 12.7. The number of halogens is 2. The average Bonchev–Trinajstić information content (AvgIpc) is 2.90. The van der Waals surface area contributed by atoms with Gasteiger partial charge in [0.1, 0.15) is 11.6 Å². The van der Waals surface area contributed by atoms with Gasteiger partial charge in [0.15, 0.2) is 0 Å². The molecule has 0 bridgehead atoms. The summed E-state index contributed by atoms with van der Waals surface area (Å²) in [6.45, 7) is 6.56. The second-order valence-corrected chi connectivity index (χ2v) is 6.04. The summed E-state index contributed by atoms with van der Waals surface area (Å²) in [5, 5.41) is 3.41. The lowest BCUT2D eigenvalue weighted by molar-refractivity contribution is 0.185. The van der Waals surface area contributed by atoms with Gasteiger partial charge in [-0.3, -0.25) is 0 Å². The Bertz CT molecular complexity index is 464. The standard InChI is InChI=1S/C17H25F2N/c1-4-17(8-6-7-9-17)16(20-5-2)13-11-14(18)12(3)10-15(13)19/h10-11,16,20H,4-9H2,1-3H3. The Morgan fingerprint density at radius 2 is 1.80 bits per heavy atom. The minimum atomic E-state index is -0.312. The molecular weight excluding hydrogens is 256 g/mol. The first-order valence-corrected chi connectivity index (χ1v) is 7.73. The molecule has 2 rings (SSSR count). The van der Waals surface area contributed by atoms with Crippen molar-refractivity contribution in [3.05, 3.63) is 34.9 Å². The first kappa shape index (κ1) is 15.4. The number of hydrogen-bond donors (Lipinski definition) is 1. The Hall–Kier alpha value is -0.960. The van der Waals surface area contributed by atoms with E-state index < -0.39 is 0 Å². The molecule has 0 spiro atoms. The van der Waals surface area contributed by atoms with Gasteiger partial charge in [0.25, 0.3) is 0 Å². The Balaban J connectivity index is 2.45. The van der Waals surface area contributed by atoms with Crippen molar-refractivity contribution in [3.63, 3.8) is 0 Å². The number of nitrogens with one attached hydrogen (secondary N) is 1. The monoisotopic (exact) mass is 281 g/mol. The van der Waals surface area contributed by atoms with Crippen molar-refractivity contribution in [1.29, 1.82) is 0 Å². The van der Waals surface area contributed by atoms with Crippen molar-refractivity contribution in [1.82, 2.24) is 5.32 Å². The molecule has 1 nitrogen and oxygen atoms in total. The summed E-state index contributed by atoms with van der Waals surface area (Å²) in [7, 11) is 0. The van der Waals surface area contributed by atoms with Crippen LogP contribution >= 0.6 is 0 Å². The molecule has 0 amide bonds. The summed E-state index contributed by atoms with van der Waals surface area (Å²) in [5.41, 5.74) is 0.940. The highest BCUT2D eigenvalue weighted by atomic mass is 19.1. The lowest BCUT2D eigenvalue weighted by Crippen LogP contribution is -2.37. The Labute approximate surface area is 120 Å². The van der Waals surface area contributed by atoms with E-state index in [4.69, 9.17) is 0 Å². The van der Waals surface area contributed by atoms with Gasteiger partial charge in [0.2, 0.25) is 0 Å². The molecule has 1 atom stereocenters. The van der Waals surface area contributed by atoms with Crippen molar-refractivity contribution in [2.24, 2.45) is 5.41 Å². The van der Waals surface area contributed by atoms with Crippen LogP contribution in [0.2, 0.25) is 0 Å². The van der Waals surface area contributed by atoms with Crippen LogP contribution in [0.3, 0.4) is 0 Å². The lowest BCUT2D eigenvalue weighted by Gasteiger charge is -2.38. The fourth-order valence-corrected chi connectivity index (χ4v) is 3.67.